The molecule has 1 aliphatic rings. The van der Waals surface area contributed by atoms with Crippen molar-refractivity contribution in [2.24, 2.45) is 0 Å². The van der Waals surface area contributed by atoms with Crippen molar-refractivity contribution in [2.75, 3.05) is 19.8 Å². The van der Waals surface area contributed by atoms with Gasteiger partial charge in [-0.05, 0) is 24.1 Å². The van der Waals surface area contributed by atoms with Crippen LogP contribution in [-0.2, 0) is 6.54 Å². The van der Waals surface area contributed by atoms with E-state index >= 15 is 0 Å². The molecule has 112 valence electrons. The van der Waals surface area contributed by atoms with Crippen molar-refractivity contribution in [1.29, 1.82) is 0 Å². The molecule has 4 nitrogen and oxygen atoms in total. The molecular weight excluding hydrogens is 278 g/mol. The average Bonchev–Trinajstić information content (AvgIpc) is 2.64. The number of hydrogen-bond donors (Lipinski definition) is 2. The van der Waals surface area contributed by atoms with Crippen molar-refractivity contribution in [3.63, 3.8) is 0 Å². The number of rotatable bonds is 6. The van der Waals surface area contributed by atoms with Gasteiger partial charge in [0.2, 0.25) is 0 Å². The molecule has 0 amide bonds. The van der Waals surface area contributed by atoms with E-state index in [4.69, 9.17) is 21.1 Å². The monoisotopic (exact) mass is 299 g/mol. The zero-order chi connectivity index (χ0) is 14.4. The summed E-state index contributed by atoms with van der Waals surface area (Å²) in [4.78, 5) is 0. The average molecular weight is 300 g/mol. The predicted molar refractivity (Wildman–Crippen MR) is 79.7 cm³/mol. The van der Waals surface area contributed by atoms with Gasteiger partial charge in [-0.3, -0.25) is 0 Å². The lowest BCUT2D eigenvalue weighted by atomic mass is 10.1. The fourth-order valence-corrected chi connectivity index (χ4v) is 2.49. The van der Waals surface area contributed by atoms with Gasteiger partial charge in [0.25, 0.3) is 0 Å². The van der Waals surface area contributed by atoms with Crippen LogP contribution in [0.15, 0.2) is 12.1 Å². The molecule has 5 heteroatoms. The van der Waals surface area contributed by atoms with Crippen LogP contribution in [0.25, 0.3) is 0 Å². The summed E-state index contributed by atoms with van der Waals surface area (Å²) in [5, 5.41) is 13.5. The van der Waals surface area contributed by atoms with Gasteiger partial charge in [-0.1, -0.05) is 24.9 Å². The van der Waals surface area contributed by atoms with Gasteiger partial charge in [0.15, 0.2) is 11.5 Å². The maximum Gasteiger partial charge on any atom is 0.179 e. The summed E-state index contributed by atoms with van der Waals surface area (Å²) in [5.74, 6) is 1.35. The molecule has 1 aromatic rings. The number of fused-ring (bicyclic) bond motifs is 1. The second-order valence-corrected chi connectivity index (χ2v) is 5.44. The number of hydrogen-bond acceptors (Lipinski definition) is 4. The molecule has 0 aromatic heterocycles. The number of benzene rings is 1. The minimum absolute atomic E-state index is 0.295. The largest absolute Gasteiger partial charge is 0.489 e. The third kappa shape index (κ3) is 4.27. The summed E-state index contributed by atoms with van der Waals surface area (Å²) < 4.78 is 11.2. The number of aliphatic hydroxyl groups excluding tert-OH is 1. The number of ether oxygens (including phenoxy) is 2. The second kappa shape index (κ2) is 7.72. The molecule has 1 heterocycles. The zero-order valence-electron chi connectivity index (χ0n) is 11.8. The van der Waals surface area contributed by atoms with Crippen LogP contribution >= 0.6 is 11.6 Å². The topological polar surface area (TPSA) is 50.7 Å². The van der Waals surface area contributed by atoms with Crippen molar-refractivity contribution in [1.82, 2.24) is 5.32 Å². The first-order valence-electron chi connectivity index (χ1n) is 7.17. The second-order valence-electron chi connectivity index (χ2n) is 5.03. The fraction of sp³-hybridized carbons (Fsp3) is 0.600. The molecule has 1 unspecified atom stereocenters. The Morgan fingerprint density at radius 2 is 2.15 bits per heavy atom. The van der Waals surface area contributed by atoms with E-state index in [9.17, 15) is 5.11 Å². The summed E-state index contributed by atoms with van der Waals surface area (Å²) >= 11 is 6.23. The van der Waals surface area contributed by atoms with Gasteiger partial charge in [0.1, 0.15) is 0 Å². The first-order valence-corrected chi connectivity index (χ1v) is 7.55. The smallest absolute Gasteiger partial charge is 0.179 e. The Bertz CT molecular complexity index is 439. The summed E-state index contributed by atoms with van der Waals surface area (Å²) in [6, 6.07) is 3.83. The summed E-state index contributed by atoms with van der Waals surface area (Å²) in [7, 11) is 0. The van der Waals surface area contributed by atoms with E-state index < -0.39 is 0 Å². The molecular formula is C15H22ClNO3. The minimum Gasteiger partial charge on any atom is -0.489 e. The fourth-order valence-electron chi connectivity index (χ4n) is 2.20. The first kappa shape index (κ1) is 15.4. The summed E-state index contributed by atoms with van der Waals surface area (Å²) in [5.41, 5.74) is 1.03. The van der Waals surface area contributed by atoms with E-state index in [-0.39, 0.29) is 6.10 Å². The SMILES string of the molecule is CCCC(O)CNCc1cc(Cl)c2c(c1)OCCCO2. The Morgan fingerprint density at radius 1 is 1.35 bits per heavy atom. The highest BCUT2D eigenvalue weighted by atomic mass is 35.5. The van der Waals surface area contributed by atoms with Crippen molar-refractivity contribution >= 4 is 11.6 Å². The van der Waals surface area contributed by atoms with E-state index in [1.807, 2.05) is 12.1 Å². The van der Waals surface area contributed by atoms with Gasteiger partial charge < -0.3 is 19.9 Å². The highest BCUT2D eigenvalue weighted by Gasteiger charge is 2.15. The normalized spacial score (nSPS) is 15.8. The number of nitrogens with one attached hydrogen (secondary N) is 1. The van der Waals surface area contributed by atoms with Crippen LogP contribution in [-0.4, -0.2) is 31.0 Å². The molecule has 0 saturated carbocycles. The van der Waals surface area contributed by atoms with Crippen LogP contribution in [0.1, 0.15) is 31.7 Å². The van der Waals surface area contributed by atoms with E-state index in [1.165, 1.54) is 0 Å². The molecule has 1 aliphatic heterocycles. The van der Waals surface area contributed by atoms with Gasteiger partial charge in [-0.15, -0.1) is 0 Å². The molecule has 2 N–H and O–H groups in total. The van der Waals surface area contributed by atoms with Gasteiger partial charge in [-0.25, -0.2) is 0 Å². The molecule has 0 bridgehead atoms. The van der Waals surface area contributed by atoms with Crippen molar-refractivity contribution < 1.29 is 14.6 Å². The lowest BCUT2D eigenvalue weighted by molar-refractivity contribution is 0.160. The summed E-state index contributed by atoms with van der Waals surface area (Å²) in [6.07, 6.45) is 2.37. The predicted octanol–water partition coefficient (Wildman–Crippen LogP) is 2.75. The van der Waals surface area contributed by atoms with Crippen LogP contribution in [0.5, 0.6) is 11.5 Å². The standard InChI is InChI=1S/C15H22ClNO3/c1-2-4-12(18)10-17-9-11-7-13(16)15-14(8-11)19-5-3-6-20-15/h7-8,12,17-18H,2-6,9-10H2,1H3. The first-order chi connectivity index (χ1) is 9.70. The summed E-state index contributed by atoms with van der Waals surface area (Å²) in [6.45, 7) is 4.58. The van der Waals surface area contributed by atoms with Crippen molar-refractivity contribution in [3.05, 3.63) is 22.7 Å². The Kier molecular flexibility index (Phi) is 5.95. The van der Waals surface area contributed by atoms with E-state index in [0.29, 0.717) is 42.8 Å². The highest BCUT2D eigenvalue weighted by molar-refractivity contribution is 6.32. The molecule has 0 fully saturated rings. The van der Waals surface area contributed by atoms with Crippen molar-refractivity contribution in [3.8, 4) is 11.5 Å². The molecule has 2 rings (SSSR count). The lowest BCUT2D eigenvalue weighted by Gasteiger charge is -2.13. The van der Waals surface area contributed by atoms with Gasteiger partial charge >= 0.3 is 0 Å². The molecule has 0 aliphatic carbocycles. The van der Waals surface area contributed by atoms with Crippen molar-refractivity contribution in [2.45, 2.75) is 38.8 Å². The van der Waals surface area contributed by atoms with Gasteiger partial charge in [0.05, 0.1) is 24.3 Å². The van der Waals surface area contributed by atoms with Crippen LogP contribution in [0.3, 0.4) is 0 Å². The Balaban J connectivity index is 1.95. The molecule has 0 radical (unpaired) electrons. The molecule has 0 saturated heterocycles. The van der Waals surface area contributed by atoms with Crippen LogP contribution in [0, 0.1) is 0 Å². The van der Waals surface area contributed by atoms with Crippen LogP contribution < -0.4 is 14.8 Å². The zero-order valence-corrected chi connectivity index (χ0v) is 12.6. The Labute approximate surface area is 125 Å². The molecule has 0 spiro atoms. The minimum atomic E-state index is -0.295. The van der Waals surface area contributed by atoms with E-state index in [2.05, 4.69) is 12.2 Å². The molecule has 1 aromatic carbocycles. The third-order valence-corrected chi connectivity index (χ3v) is 3.47. The molecule has 1 atom stereocenters. The van der Waals surface area contributed by atoms with Crippen LogP contribution in [0.2, 0.25) is 5.02 Å². The van der Waals surface area contributed by atoms with E-state index in [0.717, 1.165) is 24.8 Å². The number of halogens is 1. The van der Waals surface area contributed by atoms with Crippen LogP contribution in [0.4, 0.5) is 0 Å². The maximum absolute atomic E-state index is 9.68. The molecule has 20 heavy (non-hydrogen) atoms. The quantitative estimate of drug-likeness (QED) is 0.848. The Hall–Kier alpha value is -0.970. The Morgan fingerprint density at radius 3 is 2.95 bits per heavy atom. The lowest BCUT2D eigenvalue weighted by Crippen LogP contribution is -2.26. The maximum atomic E-state index is 9.68. The van der Waals surface area contributed by atoms with Gasteiger partial charge in [0, 0.05) is 19.5 Å². The third-order valence-electron chi connectivity index (χ3n) is 3.19. The number of aliphatic hydroxyl groups is 1. The van der Waals surface area contributed by atoms with E-state index in [1.54, 1.807) is 0 Å². The van der Waals surface area contributed by atoms with Gasteiger partial charge in [-0.2, -0.15) is 0 Å². The highest BCUT2D eigenvalue weighted by Crippen LogP contribution is 2.37.